The van der Waals surface area contributed by atoms with Crippen LogP contribution in [0.3, 0.4) is 0 Å². The Bertz CT molecular complexity index is 166. The highest BCUT2D eigenvalue weighted by molar-refractivity contribution is 5.26. The lowest BCUT2D eigenvalue weighted by molar-refractivity contribution is 0.325. The van der Waals surface area contributed by atoms with Gasteiger partial charge >= 0.3 is 0 Å². The van der Waals surface area contributed by atoms with E-state index in [4.69, 9.17) is 10.2 Å². The van der Waals surface area contributed by atoms with Crippen molar-refractivity contribution in [3.8, 4) is 0 Å². The van der Waals surface area contributed by atoms with Crippen LogP contribution in [-0.2, 0) is 0 Å². The van der Waals surface area contributed by atoms with Crippen LogP contribution in [0.1, 0.15) is 20.8 Å². The molecule has 0 aliphatic rings. The van der Waals surface area contributed by atoms with E-state index in [1.165, 1.54) is 6.08 Å². The van der Waals surface area contributed by atoms with Gasteiger partial charge in [-0.25, -0.2) is 0 Å². The molecule has 2 N–H and O–H groups in total. The predicted molar refractivity (Wildman–Crippen MR) is 48.6 cm³/mol. The van der Waals surface area contributed by atoms with Crippen molar-refractivity contribution in [1.29, 1.82) is 0 Å². The topological polar surface area (TPSA) is 40.5 Å². The molecule has 0 aromatic heterocycles. The Balaban J connectivity index is 0. The van der Waals surface area contributed by atoms with Crippen molar-refractivity contribution in [1.82, 2.24) is 0 Å². The fraction of sp³-hybridized carbons (Fsp3) is 0.333. The first-order chi connectivity index (χ1) is 5.09. The molecule has 0 unspecified atom stereocenters. The summed E-state index contributed by atoms with van der Waals surface area (Å²) in [5.41, 5.74) is 0.516. The maximum Gasteiger partial charge on any atom is 0.159 e. The molecule has 2 nitrogen and oxygen atoms in total. The summed E-state index contributed by atoms with van der Waals surface area (Å²) in [4.78, 5) is 0. The molecule has 0 saturated heterocycles. The summed E-state index contributed by atoms with van der Waals surface area (Å²) < 4.78 is 0. The van der Waals surface area contributed by atoms with E-state index in [2.05, 4.69) is 13.2 Å². The van der Waals surface area contributed by atoms with E-state index in [9.17, 15) is 0 Å². The van der Waals surface area contributed by atoms with Gasteiger partial charge < -0.3 is 10.2 Å². The van der Waals surface area contributed by atoms with Crippen LogP contribution >= 0.6 is 0 Å². The maximum absolute atomic E-state index is 8.85. The van der Waals surface area contributed by atoms with Crippen LogP contribution in [0.4, 0.5) is 0 Å². The van der Waals surface area contributed by atoms with E-state index >= 15 is 0 Å². The summed E-state index contributed by atoms with van der Waals surface area (Å²) in [6.45, 7) is 12.1. The third kappa shape index (κ3) is 5.27. The van der Waals surface area contributed by atoms with Gasteiger partial charge in [-0.15, -0.1) is 0 Å². The van der Waals surface area contributed by atoms with Crippen molar-refractivity contribution in [3.63, 3.8) is 0 Å². The van der Waals surface area contributed by atoms with Gasteiger partial charge in [0, 0.05) is 0 Å². The number of rotatable bonds is 2. The first kappa shape index (κ1) is 12.5. The zero-order chi connectivity index (χ0) is 9.44. The molecule has 0 aromatic carbocycles. The molecule has 0 radical (unpaired) electrons. The van der Waals surface area contributed by atoms with Crippen molar-refractivity contribution in [2.45, 2.75) is 20.8 Å². The summed E-state index contributed by atoms with van der Waals surface area (Å²) in [5.74, 6) is -0.530. The van der Waals surface area contributed by atoms with Gasteiger partial charge in [-0.1, -0.05) is 33.1 Å². The molecular weight excluding hydrogens is 140 g/mol. The summed E-state index contributed by atoms with van der Waals surface area (Å²) >= 11 is 0. The molecule has 0 aliphatic heterocycles. The normalized spacial score (nSPS) is 10.5. The predicted octanol–water partition coefficient (Wildman–Crippen LogP) is 3.10. The van der Waals surface area contributed by atoms with Gasteiger partial charge in [-0.05, 0) is 12.5 Å². The van der Waals surface area contributed by atoms with Crippen molar-refractivity contribution >= 4 is 0 Å². The second kappa shape index (κ2) is 6.93. The van der Waals surface area contributed by atoms with Crippen LogP contribution in [0.25, 0.3) is 0 Å². The Morgan fingerprint density at radius 3 is 1.73 bits per heavy atom. The molecule has 64 valence electrons. The quantitative estimate of drug-likeness (QED) is 0.476. The minimum absolute atomic E-state index is 0.204. The molecule has 0 heterocycles. The minimum atomic E-state index is -0.326. The molecule has 0 saturated carbocycles. The Kier molecular flexibility index (Phi) is 7.87. The van der Waals surface area contributed by atoms with Crippen LogP contribution in [-0.4, -0.2) is 10.2 Å². The molecule has 0 fully saturated rings. The SMILES string of the molecule is C=C/C(C)=C(/O)C(=C)O.CC. The number of allylic oxidation sites excluding steroid dienone is 2. The summed E-state index contributed by atoms with van der Waals surface area (Å²) in [6.07, 6.45) is 1.44. The molecule has 0 aliphatic carbocycles. The largest absolute Gasteiger partial charge is 0.505 e. The lowest BCUT2D eigenvalue weighted by Crippen LogP contribution is -1.87. The van der Waals surface area contributed by atoms with Crippen molar-refractivity contribution in [2.75, 3.05) is 0 Å². The maximum atomic E-state index is 8.85. The Morgan fingerprint density at radius 2 is 1.64 bits per heavy atom. The van der Waals surface area contributed by atoms with Crippen LogP contribution in [0.2, 0.25) is 0 Å². The highest BCUT2D eigenvalue weighted by atomic mass is 16.3. The van der Waals surface area contributed by atoms with Crippen LogP contribution < -0.4 is 0 Å². The van der Waals surface area contributed by atoms with Gasteiger partial charge in [-0.3, -0.25) is 0 Å². The average Bonchev–Trinajstić information content (AvgIpc) is 2.05. The first-order valence-electron chi connectivity index (χ1n) is 3.50. The Labute approximate surface area is 68.2 Å². The Hall–Kier alpha value is -1.18. The van der Waals surface area contributed by atoms with E-state index in [1.807, 2.05) is 13.8 Å². The van der Waals surface area contributed by atoms with E-state index in [1.54, 1.807) is 6.92 Å². The molecule has 0 aromatic rings. The van der Waals surface area contributed by atoms with Crippen LogP contribution in [0.15, 0.2) is 36.3 Å². The number of hydrogen-bond acceptors (Lipinski definition) is 2. The first-order valence-corrected chi connectivity index (χ1v) is 3.50. The Morgan fingerprint density at radius 1 is 1.27 bits per heavy atom. The highest BCUT2D eigenvalue weighted by Crippen LogP contribution is 2.06. The summed E-state index contributed by atoms with van der Waals surface area (Å²) in [7, 11) is 0. The van der Waals surface area contributed by atoms with Crippen LogP contribution in [0, 0.1) is 0 Å². The zero-order valence-corrected chi connectivity index (χ0v) is 7.39. The van der Waals surface area contributed by atoms with Crippen molar-refractivity contribution in [3.05, 3.63) is 36.3 Å². The van der Waals surface area contributed by atoms with Gasteiger partial charge in [0.2, 0.25) is 0 Å². The fourth-order valence-corrected chi connectivity index (χ4v) is 0.324. The number of aliphatic hydroxyl groups excluding tert-OH is 2. The summed E-state index contributed by atoms with van der Waals surface area (Å²) in [6, 6.07) is 0. The molecular formula is C9H16O2. The van der Waals surface area contributed by atoms with E-state index in [-0.39, 0.29) is 11.5 Å². The molecule has 0 amide bonds. The zero-order valence-electron chi connectivity index (χ0n) is 7.39. The second-order valence-corrected chi connectivity index (χ2v) is 1.68. The van der Waals surface area contributed by atoms with Gasteiger partial charge in [0.25, 0.3) is 0 Å². The second-order valence-electron chi connectivity index (χ2n) is 1.68. The van der Waals surface area contributed by atoms with Gasteiger partial charge in [0.15, 0.2) is 5.76 Å². The standard InChI is InChI=1S/C7H10O2.C2H6/c1-4-5(2)7(9)6(3)8;1-2/h4,8-9H,1,3H2,2H3;1-2H3/b7-5+;. The average molecular weight is 156 g/mol. The molecule has 0 bridgehead atoms. The third-order valence-corrected chi connectivity index (χ3v) is 0.953. The molecule has 2 heteroatoms. The van der Waals surface area contributed by atoms with Gasteiger partial charge in [-0.2, -0.15) is 0 Å². The van der Waals surface area contributed by atoms with E-state index in [0.29, 0.717) is 5.57 Å². The molecule has 0 spiro atoms. The van der Waals surface area contributed by atoms with Crippen molar-refractivity contribution in [2.24, 2.45) is 0 Å². The van der Waals surface area contributed by atoms with Crippen LogP contribution in [0.5, 0.6) is 0 Å². The monoisotopic (exact) mass is 156 g/mol. The van der Waals surface area contributed by atoms with Gasteiger partial charge in [0.05, 0.1) is 0 Å². The number of hydrogen-bond donors (Lipinski definition) is 2. The molecule has 11 heavy (non-hydrogen) atoms. The molecule has 0 rings (SSSR count). The lowest BCUT2D eigenvalue weighted by Gasteiger charge is -1.97. The summed E-state index contributed by atoms with van der Waals surface area (Å²) in [5, 5.41) is 17.4. The van der Waals surface area contributed by atoms with E-state index < -0.39 is 0 Å². The minimum Gasteiger partial charge on any atom is -0.505 e. The fourth-order valence-electron chi connectivity index (χ4n) is 0.324. The van der Waals surface area contributed by atoms with Crippen molar-refractivity contribution < 1.29 is 10.2 Å². The third-order valence-electron chi connectivity index (χ3n) is 0.953. The van der Waals surface area contributed by atoms with Gasteiger partial charge in [0.1, 0.15) is 5.76 Å². The van der Waals surface area contributed by atoms with E-state index in [0.717, 1.165) is 0 Å². The highest BCUT2D eigenvalue weighted by Gasteiger charge is 1.97. The number of aliphatic hydroxyl groups is 2. The lowest BCUT2D eigenvalue weighted by atomic mass is 10.2. The smallest absolute Gasteiger partial charge is 0.159 e. The molecule has 0 atom stereocenters.